The molecule has 34 heavy (non-hydrogen) atoms. The molecule has 1 amide bonds. The number of thioether (sulfide) groups is 1. The van der Waals surface area contributed by atoms with Crippen LogP contribution in [0.5, 0.6) is 0 Å². The van der Waals surface area contributed by atoms with Crippen molar-refractivity contribution >= 4 is 51.4 Å². The summed E-state index contributed by atoms with van der Waals surface area (Å²) in [4.78, 5) is 17.3. The fourth-order valence-corrected chi connectivity index (χ4v) is 4.77. The van der Waals surface area contributed by atoms with Gasteiger partial charge in [0, 0.05) is 36.8 Å². The number of likely N-dealkylation sites (N-methyl/N-ethyl adjacent to an activating group) is 1. The molecule has 1 N–H and O–H groups in total. The van der Waals surface area contributed by atoms with E-state index in [1.807, 2.05) is 54.6 Å². The second kappa shape index (κ2) is 10.0. The van der Waals surface area contributed by atoms with Crippen molar-refractivity contribution in [2.45, 2.75) is 5.22 Å². The third-order valence-corrected chi connectivity index (χ3v) is 6.88. The second-order valence-electron chi connectivity index (χ2n) is 8.19. The van der Waals surface area contributed by atoms with Crippen LogP contribution in [0.15, 0.2) is 70.3 Å². The fourth-order valence-electron chi connectivity index (χ4n) is 4.03. The average Bonchev–Trinajstić information content (AvgIpc) is 3.32. The van der Waals surface area contributed by atoms with Gasteiger partial charge in [0.1, 0.15) is 0 Å². The molecule has 0 radical (unpaired) electrons. The van der Waals surface area contributed by atoms with Crippen LogP contribution in [0, 0.1) is 0 Å². The van der Waals surface area contributed by atoms with E-state index in [-0.39, 0.29) is 11.7 Å². The molecule has 0 atom stereocenters. The molecule has 1 saturated heterocycles. The number of amides is 1. The largest absolute Gasteiger partial charge is 0.411 e. The lowest BCUT2D eigenvalue weighted by Crippen LogP contribution is -2.44. The predicted molar refractivity (Wildman–Crippen MR) is 138 cm³/mol. The summed E-state index contributed by atoms with van der Waals surface area (Å²) in [5.41, 5.74) is 2.56. The normalized spacial score (nSPS) is 14.5. The molecule has 2 heterocycles. The Kier molecular flexibility index (Phi) is 6.71. The first kappa shape index (κ1) is 22.7. The van der Waals surface area contributed by atoms with Crippen molar-refractivity contribution in [3.05, 3.63) is 65.7 Å². The summed E-state index contributed by atoms with van der Waals surface area (Å²) in [6, 6.07) is 19.6. The Morgan fingerprint density at radius 3 is 2.71 bits per heavy atom. The number of halogens is 1. The van der Waals surface area contributed by atoms with Gasteiger partial charge in [-0.25, -0.2) is 0 Å². The predicted octanol–water partition coefficient (Wildman–Crippen LogP) is 5.03. The summed E-state index contributed by atoms with van der Waals surface area (Å²) in [6.07, 6.45) is 0. The number of fused-ring (bicyclic) bond motifs is 1. The van der Waals surface area contributed by atoms with Crippen LogP contribution in [0.3, 0.4) is 0 Å². The lowest BCUT2D eigenvalue weighted by Gasteiger charge is -2.35. The monoisotopic (exact) mass is 493 g/mol. The van der Waals surface area contributed by atoms with Crippen molar-refractivity contribution in [3.63, 3.8) is 0 Å². The zero-order valence-corrected chi connectivity index (χ0v) is 20.3. The highest BCUT2D eigenvalue weighted by Gasteiger charge is 2.19. The van der Waals surface area contributed by atoms with Gasteiger partial charge in [0.25, 0.3) is 5.22 Å². The van der Waals surface area contributed by atoms with E-state index in [1.165, 1.54) is 11.8 Å². The summed E-state index contributed by atoms with van der Waals surface area (Å²) in [6.45, 7) is 3.74. The maximum atomic E-state index is 12.7. The summed E-state index contributed by atoms with van der Waals surface area (Å²) in [5.74, 6) is 0.422. The fraction of sp³-hybridized carbons (Fsp3) is 0.240. The van der Waals surface area contributed by atoms with E-state index in [4.69, 9.17) is 16.0 Å². The molecule has 1 aromatic heterocycles. The van der Waals surface area contributed by atoms with Crippen LogP contribution < -0.4 is 10.2 Å². The van der Waals surface area contributed by atoms with E-state index in [1.54, 1.807) is 6.07 Å². The topological polar surface area (TPSA) is 74.5 Å². The molecule has 0 saturated carbocycles. The first-order valence-electron chi connectivity index (χ1n) is 11.0. The van der Waals surface area contributed by atoms with Gasteiger partial charge in [0.05, 0.1) is 17.1 Å². The van der Waals surface area contributed by atoms with Crippen molar-refractivity contribution in [2.24, 2.45) is 0 Å². The molecule has 1 aliphatic heterocycles. The van der Waals surface area contributed by atoms with Crippen molar-refractivity contribution in [1.82, 2.24) is 15.1 Å². The molecule has 7 nitrogen and oxygen atoms in total. The third-order valence-electron chi connectivity index (χ3n) is 5.83. The minimum absolute atomic E-state index is 0.145. The number of aromatic nitrogens is 2. The lowest BCUT2D eigenvalue weighted by molar-refractivity contribution is -0.113. The SMILES string of the molecule is CN1CCN(c2ccc(Cl)cc2NC(=O)CSc2nnc(-c3cccc4ccccc34)o2)CC1. The highest BCUT2D eigenvalue weighted by molar-refractivity contribution is 7.99. The van der Waals surface area contributed by atoms with E-state index < -0.39 is 0 Å². The summed E-state index contributed by atoms with van der Waals surface area (Å²) in [7, 11) is 2.11. The van der Waals surface area contributed by atoms with Crippen molar-refractivity contribution in [1.29, 1.82) is 0 Å². The third kappa shape index (κ3) is 5.04. The van der Waals surface area contributed by atoms with Gasteiger partial charge in [0.15, 0.2) is 0 Å². The van der Waals surface area contributed by atoms with Crippen LogP contribution in [0.1, 0.15) is 0 Å². The minimum Gasteiger partial charge on any atom is -0.411 e. The molecule has 174 valence electrons. The Labute approximate surface area is 207 Å². The number of hydrogen-bond donors (Lipinski definition) is 1. The van der Waals surface area contributed by atoms with Gasteiger partial charge in [-0.1, -0.05) is 59.8 Å². The lowest BCUT2D eigenvalue weighted by atomic mass is 10.0. The van der Waals surface area contributed by atoms with Gasteiger partial charge in [-0.3, -0.25) is 4.79 Å². The van der Waals surface area contributed by atoms with Gasteiger partial charge in [-0.15, -0.1) is 10.2 Å². The molecule has 4 aromatic rings. The van der Waals surface area contributed by atoms with Gasteiger partial charge in [0.2, 0.25) is 11.8 Å². The standard InChI is InChI=1S/C25H24ClN5O2S/c1-30-11-13-31(14-12-30)22-10-9-18(26)15-21(22)27-23(32)16-34-25-29-28-24(33-25)20-8-4-6-17-5-2-3-7-19(17)20/h2-10,15H,11-14,16H2,1H3,(H,27,32). The number of anilines is 2. The summed E-state index contributed by atoms with van der Waals surface area (Å²) in [5, 5.41) is 14.4. The Hall–Kier alpha value is -3.07. The highest BCUT2D eigenvalue weighted by atomic mass is 35.5. The highest BCUT2D eigenvalue weighted by Crippen LogP contribution is 2.32. The van der Waals surface area contributed by atoms with Crippen LogP contribution in [-0.4, -0.2) is 60.0 Å². The number of rotatable bonds is 6. The second-order valence-corrected chi connectivity index (χ2v) is 9.55. The Morgan fingerprint density at radius 2 is 1.85 bits per heavy atom. The first-order valence-corrected chi connectivity index (χ1v) is 12.4. The number of piperazine rings is 1. The van der Waals surface area contributed by atoms with Gasteiger partial charge < -0.3 is 19.5 Å². The van der Waals surface area contributed by atoms with Gasteiger partial charge in [-0.05, 0) is 42.1 Å². The summed E-state index contributed by atoms with van der Waals surface area (Å²) >= 11 is 7.43. The molecule has 5 rings (SSSR count). The first-order chi connectivity index (χ1) is 16.6. The minimum atomic E-state index is -0.160. The molecule has 0 bridgehead atoms. The zero-order valence-electron chi connectivity index (χ0n) is 18.7. The van der Waals surface area contributed by atoms with Crippen LogP contribution in [0.25, 0.3) is 22.2 Å². The van der Waals surface area contributed by atoms with E-state index >= 15 is 0 Å². The number of nitrogens with zero attached hydrogens (tertiary/aromatic N) is 4. The van der Waals surface area contributed by atoms with Crippen molar-refractivity contribution in [3.8, 4) is 11.5 Å². The van der Waals surface area contributed by atoms with E-state index in [9.17, 15) is 4.79 Å². The molecule has 0 unspecified atom stereocenters. The van der Waals surface area contributed by atoms with E-state index in [0.29, 0.717) is 21.8 Å². The van der Waals surface area contributed by atoms with Crippen LogP contribution >= 0.6 is 23.4 Å². The maximum absolute atomic E-state index is 12.7. The number of nitrogens with one attached hydrogen (secondary N) is 1. The smallest absolute Gasteiger partial charge is 0.277 e. The number of hydrogen-bond acceptors (Lipinski definition) is 7. The van der Waals surface area contributed by atoms with E-state index in [0.717, 1.165) is 48.2 Å². The molecule has 1 aliphatic rings. The molecular formula is C25H24ClN5O2S. The number of benzene rings is 3. The van der Waals surface area contributed by atoms with Crippen LogP contribution in [0.2, 0.25) is 5.02 Å². The van der Waals surface area contributed by atoms with Gasteiger partial charge in [-0.2, -0.15) is 0 Å². The molecule has 3 aromatic carbocycles. The molecular weight excluding hydrogens is 470 g/mol. The van der Waals surface area contributed by atoms with E-state index in [2.05, 4.69) is 32.4 Å². The maximum Gasteiger partial charge on any atom is 0.277 e. The molecule has 9 heteroatoms. The average molecular weight is 494 g/mol. The van der Waals surface area contributed by atoms with Crippen molar-refractivity contribution in [2.75, 3.05) is 49.2 Å². The zero-order chi connectivity index (χ0) is 23.5. The van der Waals surface area contributed by atoms with Crippen LogP contribution in [-0.2, 0) is 4.79 Å². The Balaban J connectivity index is 1.25. The summed E-state index contributed by atoms with van der Waals surface area (Å²) < 4.78 is 5.85. The Morgan fingerprint density at radius 1 is 1.06 bits per heavy atom. The van der Waals surface area contributed by atoms with Crippen molar-refractivity contribution < 1.29 is 9.21 Å². The molecule has 0 spiro atoms. The quantitative estimate of drug-likeness (QED) is 0.378. The molecule has 1 fully saturated rings. The Bertz CT molecular complexity index is 1310. The van der Waals surface area contributed by atoms with Gasteiger partial charge >= 0.3 is 0 Å². The van der Waals surface area contributed by atoms with Crippen LogP contribution in [0.4, 0.5) is 11.4 Å². The number of carbonyl (C=O) groups excluding carboxylic acids is 1. The number of carbonyl (C=O) groups is 1. The molecule has 0 aliphatic carbocycles.